The zero-order valence-electron chi connectivity index (χ0n) is 11.9. The third-order valence-corrected chi connectivity index (χ3v) is 3.42. The van der Waals surface area contributed by atoms with Gasteiger partial charge in [-0.05, 0) is 24.3 Å². The van der Waals surface area contributed by atoms with Gasteiger partial charge < -0.3 is 16.0 Å². The number of anilines is 3. The van der Waals surface area contributed by atoms with E-state index < -0.39 is 23.6 Å². The van der Waals surface area contributed by atoms with E-state index in [1.54, 1.807) is 18.2 Å². The van der Waals surface area contributed by atoms with Crippen LogP contribution in [0, 0.1) is 11.6 Å². The van der Waals surface area contributed by atoms with Crippen LogP contribution in [0.15, 0.2) is 42.5 Å². The zero-order chi connectivity index (χ0) is 16.4. The van der Waals surface area contributed by atoms with Crippen LogP contribution in [0.5, 0.6) is 0 Å². The molecule has 118 valence electrons. The molecular weight excluding hydrogens is 304 g/mol. The topological polar surface area (TPSA) is 70.2 Å². The number of halogens is 2. The predicted molar refractivity (Wildman–Crippen MR) is 82.1 cm³/mol. The summed E-state index contributed by atoms with van der Waals surface area (Å²) in [4.78, 5) is 24.0. The van der Waals surface area contributed by atoms with E-state index in [9.17, 15) is 18.4 Å². The first-order valence-electron chi connectivity index (χ1n) is 6.94. The quantitative estimate of drug-likeness (QED) is 0.815. The lowest BCUT2D eigenvalue weighted by atomic mass is 10.1. The Kier molecular flexibility index (Phi) is 3.92. The molecule has 0 spiro atoms. The summed E-state index contributed by atoms with van der Waals surface area (Å²) < 4.78 is 26.0. The van der Waals surface area contributed by atoms with E-state index in [1.165, 1.54) is 6.07 Å². The van der Waals surface area contributed by atoms with Crippen molar-refractivity contribution in [3.8, 4) is 0 Å². The van der Waals surface area contributed by atoms with Gasteiger partial charge in [-0.25, -0.2) is 8.78 Å². The van der Waals surface area contributed by atoms with Crippen LogP contribution < -0.4 is 16.0 Å². The molecule has 2 amide bonds. The first-order chi connectivity index (χ1) is 11.0. The molecule has 3 rings (SSSR count). The molecule has 5 nitrogen and oxygen atoms in total. The Bertz CT molecular complexity index is 780. The number of para-hydroxylation sites is 2. The highest BCUT2D eigenvalue weighted by molar-refractivity contribution is 6.06. The monoisotopic (exact) mass is 317 g/mol. The Hall–Kier alpha value is -2.96. The third-order valence-electron chi connectivity index (χ3n) is 3.42. The van der Waals surface area contributed by atoms with Crippen LogP contribution in [-0.2, 0) is 9.59 Å². The maximum atomic E-state index is 13.1. The summed E-state index contributed by atoms with van der Waals surface area (Å²) in [7, 11) is 0. The summed E-state index contributed by atoms with van der Waals surface area (Å²) in [5.41, 5.74) is 1.50. The van der Waals surface area contributed by atoms with Crippen LogP contribution >= 0.6 is 0 Å². The molecule has 0 aromatic heterocycles. The molecule has 2 aromatic rings. The second kappa shape index (κ2) is 6.04. The van der Waals surface area contributed by atoms with E-state index >= 15 is 0 Å². The molecule has 0 aliphatic carbocycles. The Morgan fingerprint density at radius 1 is 1.09 bits per heavy atom. The van der Waals surface area contributed by atoms with E-state index in [-0.39, 0.29) is 18.0 Å². The lowest BCUT2D eigenvalue weighted by Gasteiger charge is -2.26. The van der Waals surface area contributed by atoms with Crippen LogP contribution in [0.4, 0.5) is 25.8 Å². The molecule has 1 aliphatic rings. The van der Waals surface area contributed by atoms with Crippen LogP contribution in [-0.4, -0.2) is 17.9 Å². The summed E-state index contributed by atoms with van der Waals surface area (Å²) >= 11 is 0. The van der Waals surface area contributed by atoms with Crippen molar-refractivity contribution in [3.63, 3.8) is 0 Å². The fraction of sp³-hybridized carbons (Fsp3) is 0.125. The molecule has 0 saturated heterocycles. The Morgan fingerprint density at radius 2 is 1.83 bits per heavy atom. The molecule has 1 aliphatic heterocycles. The summed E-state index contributed by atoms with van der Waals surface area (Å²) in [5, 5.41) is 8.12. The number of hydrogen-bond donors (Lipinski definition) is 3. The van der Waals surface area contributed by atoms with Crippen LogP contribution in [0.2, 0.25) is 0 Å². The van der Waals surface area contributed by atoms with Gasteiger partial charge >= 0.3 is 0 Å². The SMILES string of the molecule is O=C(CC1Nc2ccccc2NC1=O)Nc1ccc(F)c(F)c1. The average Bonchev–Trinajstić information content (AvgIpc) is 2.51. The van der Waals surface area contributed by atoms with E-state index in [1.807, 2.05) is 6.07 Å². The largest absolute Gasteiger partial charge is 0.372 e. The second-order valence-electron chi connectivity index (χ2n) is 5.11. The summed E-state index contributed by atoms with van der Waals surface area (Å²) in [6.07, 6.45) is -0.140. The van der Waals surface area contributed by atoms with Gasteiger partial charge in [0.25, 0.3) is 0 Å². The van der Waals surface area contributed by atoms with Gasteiger partial charge in [0.2, 0.25) is 11.8 Å². The standard InChI is InChI=1S/C16H13F2N3O2/c17-10-6-5-9(7-11(10)18)19-15(22)8-14-16(23)21-13-4-2-1-3-12(13)20-14/h1-7,14,20H,8H2,(H,19,22)(H,21,23). The average molecular weight is 317 g/mol. The highest BCUT2D eigenvalue weighted by Crippen LogP contribution is 2.26. The van der Waals surface area contributed by atoms with Crippen molar-refractivity contribution in [1.29, 1.82) is 0 Å². The molecule has 1 unspecified atom stereocenters. The molecule has 0 bridgehead atoms. The van der Waals surface area contributed by atoms with Crippen LogP contribution in [0.3, 0.4) is 0 Å². The minimum Gasteiger partial charge on any atom is -0.372 e. The smallest absolute Gasteiger partial charge is 0.247 e. The number of carbonyl (C=O) groups is 2. The van der Waals surface area contributed by atoms with Crippen LogP contribution in [0.25, 0.3) is 0 Å². The number of rotatable bonds is 3. The summed E-state index contributed by atoms with van der Waals surface area (Å²) in [6, 6.07) is 9.45. The molecule has 7 heteroatoms. The van der Waals surface area contributed by atoms with Crippen molar-refractivity contribution in [2.24, 2.45) is 0 Å². The van der Waals surface area contributed by atoms with E-state index in [2.05, 4.69) is 16.0 Å². The van der Waals surface area contributed by atoms with Gasteiger partial charge in [0.05, 0.1) is 17.8 Å². The molecule has 3 N–H and O–H groups in total. The fourth-order valence-corrected chi connectivity index (χ4v) is 2.31. The zero-order valence-corrected chi connectivity index (χ0v) is 11.9. The molecule has 0 radical (unpaired) electrons. The lowest BCUT2D eigenvalue weighted by molar-refractivity contribution is -0.122. The normalized spacial score (nSPS) is 16.1. The molecule has 2 aromatic carbocycles. The number of nitrogens with one attached hydrogen (secondary N) is 3. The minimum atomic E-state index is -1.05. The summed E-state index contributed by atoms with van der Waals surface area (Å²) in [6.45, 7) is 0. The Labute approximate surface area is 130 Å². The van der Waals surface area contributed by atoms with Crippen molar-refractivity contribution in [2.75, 3.05) is 16.0 Å². The third kappa shape index (κ3) is 3.28. The van der Waals surface area contributed by atoms with Crippen molar-refractivity contribution in [3.05, 3.63) is 54.1 Å². The first-order valence-corrected chi connectivity index (χ1v) is 6.94. The molecule has 23 heavy (non-hydrogen) atoms. The highest BCUT2D eigenvalue weighted by Gasteiger charge is 2.27. The van der Waals surface area contributed by atoms with Crippen molar-refractivity contribution >= 4 is 28.9 Å². The molecule has 0 fully saturated rings. The Morgan fingerprint density at radius 3 is 2.57 bits per heavy atom. The first kappa shape index (κ1) is 15.0. The fourth-order valence-electron chi connectivity index (χ4n) is 2.31. The number of benzene rings is 2. The molecule has 1 atom stereocenters. The second-order valence-corrected chi connectivity index (χ2v) is 5.11. The van der Waals surface area contributed by atoms with Gasteiger partial charge in [-0.2, -0.15) is 0 Å². The number of amides is 2. The highest BCUT2D eigenvalue weighted by atomic mass is 19.2. The minimum absolute atomic E-state index is 0.130. The predicted octanol–water partition coefficient (Wildman–Crippen LogP) is 2.73. The van der Waals surface area contributed by atoms with Gasteiger partial charge in [-0.3, -0.25) is 9.59 Å². The van der Waals surface area contributed by atoms with Gasteiger partial charge in [0, 0.05) is 11.8 Å². The summed E-state index contributed by atoms with van der Waals surface area (Å²) in [5.74, 6) is -2.86. The van der Waals surface area contributed by atoms with Crippen molar-refractivity contribution < 1.29 is 18.4 Å². The van der Waals surface area contributed by atoms with E-state index in [0.29, 0.717) is 5.69 Å². The van der Waals surface area contributed by atoms with Crippen molar-refractivity contribution in [1.82, 2.24) is 0 Å². The van der Waals surface area contributed by atoms with Gasteiger partial charge in [0.15, 0.2) is 11.6 Å². The molecular formula is C16H13F2N3O2. The number of carbonyl (C=O) groups excluding carboxylic acids is 2. The Balaban J connectivity index is 1.66. The maximum absolute atomic E-state index is 13.1. The van der Waals surface area contributed by atoms with Gasteiger partial charge in [-0.1, -0.05) is 12.1 Å². The van der Waals surface area contributed by atoms with Crippen LogP contribution in [0.1, 0.15) is 6.42 Å². The molecule has 0 saturated carbocycles. The van der Waals surface area contributed by atoms with E-state index in [0.717, 1.165) is 17.8 Å². The van der Waals surface area contributed by atoms with Gasteiger partial charge in [-0.15, -0.1) is 0 Å². The van der Waals surface area contributed by atoms with E-state index in [4.69, 9.17) is 0 Å². The number of hydrogen-bond acceptors (Lipinski definition) is 3. The van der Waals surface area contributed by atoms with Gasteiger partial charge in [0.1, 0.15) is 6.04 Å². The number of fused-ring (bicyclic) bond motifs is 1. The maximum Gasteiger partial charge on any atom is 0.247 e. The molecule has 1 heterocycles. The van der Waals surface area contributed by atoms with Crippen molar-refractivity contribution in [2.45, 2.75) is 12.5 Å². The lowest BCUT2D eigenvalue weighted by Crippen LogP contribution is -2.41.